The number of amides is 1. The first-order valence-corrected chi connectivity index (χ1v) is 10.7. The second-order valence-electron chi connectivity index (χ2n) is 7.17. The molecule has 144 valence electrons. The van der Waals surface area contributed by atoms with Gasteiger partial charge in [-0.3, -0.25) is 4.79 Å². The van der Waals surface area contributed by atoms with Crippen molar-refractivity contribution in [1.29, 1.82) is 0 Å². The zero-order chi connectivity index (χ0) is 19.8. The van der Waals surface area contributed by atoms with Gasteiger partial charge < -0.3 is 4.90 Å². The summed E-state index contributed by atoms with van der Waals surface area (Å²) in [7, 11) is -3.65. The molecule has 1 aliphatic heterocycles. The smallest absolute Gasteiger partial charge is 0.241 e. The highest BCUT2D eigenvalue weighted by Crippen LogP contribution is 2.34. The number of benzene rings is 2. The monoisotopic (exact) mass is 386 g/mol. The molecule has 2 aromatic rings. The van der Waals surface area contributed by atoms with Crippen LogP contribution < -0.4 is 9.62 Å². The Morgan fingerprint density at radius 1 is 1.22 bits per heavy atom. The fourth-order valence-corrected chi connectivity index (χ4v) is 4.95. The number of hydrogen-bond acceptors (Lipinski definition) is 3. The molecule has 6 heteroatoms. The average Bonchev–Trinajstić information content (AvgIpc) is 2.96. The topological polar surface area (TPSA) is 66.5 Å². The molecule has 0 bridgehead atoms. The van der Waals surface area contributed by atoms with Gasteiger partial charge in [-0.25, -0.2) is 13.1 Å². The van der Waals surface area contributed by atoms with Crippen LogP contribution in [-0.4, -0.2) is 20.4 Å². The summed E-state index contributed by atoms with van der Waals surface area (Å²) in [5, 5.41) is 0. The Morgan fingerprint density at radius 3 is 2.48 bits per heavy atom. The summed E-state index contributed by atoms with van der Waals surface area (Å²) in [5.74, 6) is -0.0286. The number of fused-ring (bicyclic) bond motifs is 1. The second kappa shape index (κ2) is 7.44. The highest BCUT2D eigenvalue weighted by Gasteiger charge is 2.30. The van der Waals surface area contributed by atoms with Crippen LogP contribution >= 0.6 is 0 Å². The van der Waals surface area contributed by atoms with Crippen molar-refractivity contribution in [1.82, 2.24) is 4.72 Å². The lowest BCUT2D eigenvalue weighted by Crippen LogP contribution is -2.33. The van der Waals surface area contributed by atoms with Gasteiger partial charge >= 0.3 is 0 Å². The van der Waals surface area contributed by atoms with Gasteiger partial charge in [0.25, 0.3) is 0 Å². The zero-order valence-corrected chi connectivity index (χ0v) is 17.0. The van der Waals surface area contributed by atoms with Crippen LogP contribution in [0.15, 0.2) is 47.4 Å². The van der Waals surface area contributed by atoms with Crippen LogP contribution in [0.3, 0.4) is 0 Å². The quantitative estimate of drug-likeness (QED) is 0.854. The predicted molar refractivity (Wildman–Crippen MR) is 107 cm³/mol. The van der Waals surface area contributed by atoms with E-state index in [0.717, 1.165) is 23.2 Å². The van der Waals surface area contributed by atoms with E-state index in [4.69, 9.17) is 0 Å². The third-order valence-electron chi connectivity index (χ3n) is 5.14. The van der Waals surface area contributed by atoms with Gasteiger partial charge in [-0.05, 0) is 61.6 Å². The highest BCUT2D eigenvalue weighted by atomic mass is 32.2. The van der Waals surface area contributed by atoms with Crippen LogP contribution in [0.25, 0.3) is 0 Å². The molecule has 1 amide bonds. The maximum atomic E-state index is 12.8. The number of hydrogen-bond donors (Lipinski definition) is 1. The van der Waals surface area contributed by atoms with Crippen molar-refractivity contribution in [3.05, 3.63) is 59.2 Å². The van der Waals surface area contributed by atoms with Gasteiger partial charge in [0.15, 0.2) is 0 Å². The predicted octanol–water partition coefficient (Wildman–Crippen LogP) is 3.59. The van der Waals surface area contributed by atoms with Gasteiger partial charge in [0, 0.05) is 24.7 Å². The third kappa shape index (κ3) is 3.92. The van der Waals surface area contributed by atoms with E-state index in [0.29, 0.717) is 6.42 Å². The molecule has 0 radical (unpaired) electrons. The minimum Gasteiger partial charge on any atom is -0.309 e. The molecule has 2 unspecified atom stereocenters. The van der Waals surface area contributed by atoms with Gasteiger partial charge in [0.1, 0.15) is 0 Å². The van der Waals surface area contributed by atoms with Gasteiger partial charge in [0.2, 0.25) is 15.9 Å². The third-order valence-corrected chi connectivity index (χ3v) is 6.67. The van der Waals surface area contributed by atoms with Crippen LogP contribution in [-0.2, 0) is 27.7 Å². The molecule has 0 saturated heterocycles. The van der Waals surface area contributed by atoms with Gasteiger partial charge in [-0.1, -0.05) is 31.2 Å². The Kier molecular flexibility index (Phi) is 5.40. The fraction of sp³-hybridized carbons (Fsp3) is 0.381. The maximum Gasteiger partial charge on any atom is 0.241 e. The minimum absolute atomic E-state index is 0.0286. The molecule has 0 saturated carbocycles. The number of nitrogens with zero attached hydrogens (tertiary/aromatic N) is 1. The van der Waals surface area contributed by atoms with E-state index >= 15 is 0 Å². The van der Waals surface area contributed by atoms with Crippen molar-refractivity contribution in [3.63, 3.8) is 0 Å². The van der Waals surface area contributed by atoms with Crippen molar-refractivity contribution >= 4 is 21.6 Å². The number of anilines is 1. The molecule has 27 heavy (non-hydrogen) atoms. The van der Waals surface area contributed by atoms with E-state index in [2.05, 4.69) is 11.6 Å². The molecule has 1 aliphatic rings. The first-order chi connectivity index (χ1) is 12.7. The van der Waals surface area contributed by atoms with Gasteiger partial charge in [0.05, 0.1) is 4.90 Å². The van der Waals surface area contributed by atoms with Gasteiger partial charge in [-0.2, -0.15) is 0 Å². The molecule has 0 fully saturated rings. The summed E-state index contributed by atoms with van der Waals surface area (Å²) in [4.78, 5) is 13.8. The summed E-state index contributed by atoms with van der Waals surface area (Å²) < 4.78 is 28.4. The largest absolute Gasteiger partial charge is 0.309 e. The molecular formula is C21H26N2O3S. The minimum atomic E-state index is -3.65. The number of carbonyl (C=O) groups excluding carboxylic acids is 1. The highest BCUT2D eigenvalue weighted by molar-refractivity contribution is 7.89. The Hall–Kier alpha value is -2.18. The van der Waals surface area contributed by atoms with Gasteiger partial charge in [-0.15, -0.1) is 0 Å². The van der Waals surface area contributed by atoms with E-state index in [-0.39, 0.29) is 22.9 Å². The first kappa shape index (κ1) is 19.6. The van der Waals surface area contributed by atoms with E-state index in [1.807, 2.05) is 38.1 Å². The summed E-state index contributed by atoms with van der Waals surface area (Å²) in [6.45, 7) is 7.42. The molecule has 5 nitrogen and oxygen atoms in total. The number of sulfonamides is 1. The van der Waals surface area contributed by atoms with Crippen molar-refractivity contribution in [2.75, 3.05) is 4.90 Å². The zero-order valence-electron chi connectivity index (χ0n) is 16.2. The van der Waals surface area contributed by atoms with Crippen molar-refractivity contribution < 1.29 is 13.2 Å². The molecule has 0 spiro atoms. The number of nitrogens with one attached hydrogen (secondary N) is 1. The number of aryl methyl sites for hydroxylation is 1. The molecule has 1 heterocycles. The van der Waals surface area contributed by atoms with Crippen molar-refractivity contribution in [2.24, 2.45) is 0 Å². The summed E-state index contributed by atoms with van der Waals surface area (Å²) in [6, 6.07) is 12.7. The normalized spacial score (nSPS) is 17.6. The molecule has 3 rings (SSSR count). The fourth-order valence-electron chi connectivity index (χ4n) is 3.67. The lowest BCUT2D eigenvalue weighted by Gasteiger charge is -2.20. The first-order valence-electron chi connectivity index (χ1n) is 9.27. The van der Waals surface area contributed by atoms with Crippen LogP contribution in [0.4, 0.5) is 5.69 Å². The van der Waals surface area contributed by atoms with Crippen molar-refractivity contribution in [3.8, 4) is 0 Å². The van der Waals surface area contributed by atoms with Crippen LogP contribution in [0.5, 0.6) is 0 Å². The maximum absolute atomic E-state index is 12.8. The Balaban J connectivity index is 1.83. The Morgan fingerprint density at radius 2 is 1.89 bits per heavy atom. The molecule has 2 aromatic carbocycles. The van der Waals surface area contributed by atoms with Crippen LogP contribution in [0, 0.1) is 0 Å². The molecule has 0 aromatic heterocycles. The second-order valence-corrected chi connectivity index (χ2v) is 8.88. The SMILES string of the molecule is CCc1ccc(C(C)NS(=O)(=O)c2ccc3c(c2)CC(C)N3C(C)=O)cc1. The van der Waals surface area contributed by atoms with E-state index in [1.54, 1.807) is 23.1 Å². The summed E-state index contributed by atoms with van der Waals surface area (Å²) >= 11 is 0. The summed E-state index contributed by atoms with van der Waals surface area (Å²) in [6.07, 6.45) is 1.61. The van der Waals surface area contributed by atoms with E-state index in [9.17, 15) is 13.2 Å². The average molecular weight is 387 g/mol. The van der Waals surface area contributed by atoms with E-state index in [1.165, 1.54) is 12.5 Å². The lowest BCUT2D eigenvalue weighted by molar-refractivity contribution is -0.116. The molecule has 2 atom stereocenters. The molecular weight excluding hydrogens is 360 g/mol. The number of carbonyl (C=O) groups is 1. The molecule has 1 N–H and O–H groups in total. The standard InChI is InChI=1S/C21H26N2O3S/c1-5-17-6-8-18(9-7-17)15(3)22-27(25,26)20-10-11-21-19(13-20)12-14(2)23(21)16(4)24/h6-11,13-15,22H,5,12H2,1-4H3. The Bertz CT molecular complexity index is 952. The lowest BCUT2D eigenvalue weighted by atomic mass is 10.1. The van der Waals surface area contributed by atoms with Crippen LogP contribution in [0.2, 0.25) is 0 Å². The van der Waals surface area contributed by atoms with E-state index < -0.39 is 10.0 Å². The summed E-state index contributed by atoms with van der Waals surface area (Å²) in [5.41, 5.74) is 3.84. The number of rotatable bonds is 5. The Labute approximate surface area is 161 Å². The van der Waals surface area contributed by atoms with Crippen molar-refractivity contribution in [2.45, 2.75) is 57.5 Å². The molecule has 0 aliphatic carbocycles. The van der Waals surface area contributed by atoms with Crippen LogP contribution in [0.1, 0.15) is 50.4 Å².